The minimum atomic E-state index is -0.226. The third-order valence-corrected chi connectivity index (χ3v) is 2.65. The molecule has 0 atom stereocenters. The number of rotatable bonds is 3. The number of guanidine groups is 1. The van der Waals surface area contributed by atoms with Gasteiger partial charge in [0.15, 0.2) is 0 Å². The third-order valence-electron chi connectivity index (χ3n) is 1.64. The van der Waals surface area contributed by atoms with E-state index in [4.69, 9.17) is 11.7 Å². The van der Waals surface area contributed by atoms with Crippen LogP contribution in [0, 0.1) is 0 Å². The average Bonchev–Trinajstić information content (AvgIpc) is 2.34. The maximum Gasteiger partial charge on any atom is 0.237 e. The molecule has 1 aromatic rings. The molecule has 1 aromatic carbocycles. The van der Waals surface area contributed by atoms with Crippen molar-refractivity contribution in [2.24, 2.45) is 16.8 Å². The van der Waals surface area contributed by atoms with Gasteiger partial charge in [-0.25, -0.2) is 5.84 Å². The number of thioether (sulfide) groups is 1. The van der Waals surface area contributed by atoms with Gasteiger partial charge in [0.1, 0.15) is 0 Å². The van der Waals surface area contributed by atoms with Crippen molar-refractivity contribution in [2.45, 2.75) is 4.90 Å². The zero-order valence-electron chi connectivity index (χ0n) is 8.51. The zero-order chi connectivity index (χ0) is 11.8. The quantitative estimate of drug-likeness (QED) is 0.189. The molecular weight excluding hydrogens is 226 g/mol. The second-order valence-corrected chi connectivity index (χ2v) is 3.82. The van der Waals surface area contributed by atoms with Gasteiger partial charge in [0.25, 0.3) is 0 Å². The van der Waals surface area contributed by atoms with Gasteiger partial charge in [-0.1, -0.05) is 18.2 Å². The lowest BCUT2D eigenvalue weighted by Gasteiger charge is -2.05. The van der Waals surface area contributed by atoms with E-state index in [1.54, 1.807) is 0 Å². The van der Waals surface area contributed by atoms with E-state index in [1.165, 1.54) is 11.8 Å². The monoisotopic (exact) mass is 239 g/mol. The Morgan fingerprint density at radius 1 is 1.38 bits per heavy atom. The number of nitrogens with one attached hydrogen (secondary N) is 2. The molecule has 0 bridgehead atoms. The predicted octanol–water partition coefficient (Wildman–Crippen LogP) is -0.412. The minimum absolute atomic E-state index is 0.0404. The van der Waals surface area contributed by atoms with Gasteiger partial charge in [-0.2, -0.15) is 0 Å². The molecule has 0 saturated carbocycles. The summed E-state index contributed by atoms with van der Waals surface area (Å²) in [5.41, 5.74) is 2.16. The van der Waals surface area contributed by atoms with Crippen LogP contribution < -0.4 is 22.4 Å². The molecule has 0 unspecified atom stereocenters. The summed E-state index contributed by atoms with van der Waals surface area (Å²) in [6, 6.07) is 9.60. The minimum Gasteiger partial charge on any atom is -0.320 e. The number of carbonyl (C=O) groups is 1. The molecule has 0 saturated heterocycles. The molecule has 6 N–H and O–H groups in total. The molecule has 0 fully saturated rings. The average molecular weight is 239 g/mol. The van der Waals surface area contributed by atoms with Crippen LogP contribution in [0.5, 0.6) is 0 Å². The largest absolute Gasteiger partial charge is 0.320 e. The fourth-order valence-electron chi connectivity index (χ4n) is 0.939. The summed E-state index contributed by atoms with van der Waals surface area (Å²) in [5, 5.41) is 5.66. The van der Waals surface area contributed by atoms with Crippen LogP contribution in [0.3, 0.4) is 0 Å². The van der Waals surface area contributed by atoms with Crippen molar-refractivity contribution in [1.82, 2.24) is 10.7 Å². The number of nitrogens with zero attached hydrogens (tertiary/aromatic N) is 1. The Morgan fingerprint density at radius 3 is 2.62 bits per heavy atom. The van der Waals surface area contributed by atoms with Gasteiger partial charge < -0.3 is 5.84 Å². The maximum absolute atomic E-state index is 11.4. The van der Waals surface area contributed by atoms with E-state index >= 15 is 0 Å². The molecule has 0 spiro atoms. The molecule has 16 heavy (non-hydrogen) atoms. The summed E-state index contributed by atoms with van der Waals surface area (Å²) in [5.74, 6) is 10.1. The third kappa shape index (κ3) is 4.20. The standard InChI is InChI=1S/C9H13N5OS/c10-13-9(14-11)12-8(15)6-16-7-4-2-1-3-5-7/h1-5H,6,10-11H2,(H2,12,13,14,15). The Labute approximate surface area is 97.4 Å². The summed E-state index contributed by atoms with van der Waals surface area (Å²) in [4.78, 5) is 12.4. The first-order chi connectivity index (χ1) is 7.76. The molecule has 1 amide bonds. The molecule has 0 aromatic heterocycles. The van der Waals surface area contributed by atoms with Gasteiger partial charge in [-0.05, 0) is 12.1 Å². The van der Waals surface area contributed by atoms with Crippen molar-refractivity contribution < 1.29 is 4.79 Å². The molecule has 0 radical (unpaired) electrons. The topological polar surface area (TPSA) is 106 Å². The number of hydrogen-bond donors (Lipinski definition) is 4. The summed E-state index contributed by atoms with van der Waals surface area (Å²) < 4.78 is 0. The Balaban J connectivity index is 2.36. The van der Waals surface area contributed by atoms with Crippen molar-refractivity contribution in [1.29, 1.82) is 0 Å². The van der Waals surface area contributed by atoms with E-state index in [-0.39, 0.29) is 17.6 Å². The van der Waals surface area contributed by atoms with Crippen molar-refractivity contribution in [2.75, 3.05) is 5.75 Å². The maximum atomic E-state index is 11.4. The van der Waals surface area contributed by atoms with E-state index in [0.717, 1.165) is 4.90 Å². The molecule has 0 heterocycles. The van der Waals surface area contributed by atoms with Crippen LogP contribution in [0.1, 0.15) is 0 Å². The van der Waals surface area contributed by atoms with Gasteiger partial charge >= 0.3 is 0 Å². The van der Waals surface area contributed by atoms with Crippen LogP contribution in [0.25, 0.3) is 0 Å². The van der Waals surface area contributed by atoms with Gasteiger partial charge in [-0.15, -0.1) is 16.9 Å². The SMILES string of the molecule is N/N=C(\NN)NC(=O)CSc1ccccc1. The summed E-state index contributed by atoms with van der Waals surface area (Å²) in [6.07, 6.45) is 0. The van der Waals surface area contributed by atoms with Gasteiger partial charge in [0.05, 0.1) is 5.75 Å². The fraction of sp³-hybridized carbons (Fsp3) is 0.111. The lowest BCUT2D eigenvalue weighted by Crippen LogP contribution is -2.45. The predicted molar refractivity (Wildman–Crippen MR) is 64.3 cm³/mol. The molecule has 6 nitrogen and oxygen atoms in total. The highest BCUT2D eigenvalue weighted by Gasteiger charge is 2.05. The second kappa shape index (κ2) is 6.70. The summed E-state index contributed by atoms with van der Waals surface area (Å²) >= 11 is 1.42. The lowest BCUT2D eigenvalue weighted by molar-refractivity contribution is -0.117. The molecule has 0 aliphatic carbocycles. The van der Waals surface area contributed by atoms with Crippen LogP contribution in [-0.4, -0.2) is 17.6 Å². The Hall–Kier alpha value is -1.73. The van der Waals surface area contributed by atoms with Crippen molar-refractivity contribution in [3.8, 4) is 0 Å². The van der Waals surface area contributed by atoms with Gasteiger partial charge in [0.2, 0.25) is 11.9 Å². The Bertz CT molecular complexity index is 367. The first-order valence-electron chi connectivity index (χ1n) is 4.48. The molecule has 0 aliphatic heterocycles. The van der Waals surface area contributed by atoms with E-state index in [1.807, 2.05) is 30.3 Å². The Kier molecular flexibility index (Phi) is 5.17. The van der Waals surface area contributed by atoms with Crippen LogP contribution in [0.15, 0.2) is 40.3 Å². The van der Waals surface area contributed by atoms with Gasteiger partial charge in [-0.3, -0.25) is 15.5 Å². The molecule has 0 aliphatic rings. The van der Waals surface area contributed by atoms with E-state index < -0.39 is 0 Å². The first kappa shape index (κ1) is 12.3. The highest BCUT2D eigenvalue weighted by Crippen LogP contribution is 2.15. The van der Waals surface area contributed by atoms with Crippen molar-refractivity contribution >= 4 is 23.6 Å². The van der Waals surface area contributed by atoms with E-state index in [0.29, 0.717) is 0 Å². The second-order valence-electron chi connectivity index (χ2n) is 2.77. The highest BCUT2D eigenvalue weighted by atomic mass is 32.2. The highest BCUT2D eigenvalue weighted by molar-refractivity contribution is 8.00. The summed E-state index contributed by atoms with van der Waals surface area (Å²) in [6.45, 7) is 0. The Morgan fingerprint density at radius 2 is 2.06 bits per heavy atom. The van der Waals surface area contributed by atoms with Crippen molar-refractivity contribution in [3.05, 3.63) is 30.3 Å². The normalized spacial score (nSPS) is 10.9. The number of carbonyl (C=O) groups excluding carboxylic acids is 1. The molecule has 7 heteroatoms. The number of hydrazone groups is 1. The number of nitrogens with two attached hydrogens (primary N) is 2. The number of hydrogen-bond acceptors (Lipinski definition) is 5. The number of amides is 1. The van der Waals surface area contributed by atoms with Crippen LogP contribution >= 0.6 is 11.8 Å². The lowest BCUT2D eigenvalue weighted by atomic mass is 10.4. The zero-order valence-corrected chi connectivity index (χ0v) is 9.33. The molecule has 1 rings (SSSR count). The van der Waals surface area contributed by atoms with Crippen LogP contribution in [-0.2, 0) is 4.79 Å². The summed E-state index contributed by atoms with van der Waals surface area (Å²) in [7, 11) is 0. The van der Waals surface area contributed by atoms with Crippen molar-refractivity contribution in [3.63, 3.8) is 0 Å². The fourth-order valence-corrected chi connectivity index (χ4v) is 1.66. The number of hydrazine groups is 1. The molecular formula is C9H13N5OS. The van der Waals surface area contributed by atoms with E-state index in [9.17, 15) is 4.79 Å². The van der Waals surface area contributed by atoms with Gasteiger partial charge in [0, 0.05) is 4.90 Å². The smallest absolute Gasteiger partial charge is 0.237 e. The number of benzene rings is 1. The van der Waals surface area contributed by atoms with Crippen LogP contribution in [0.4, 0.5) is 0 Å². The molecule has 86 valence electrons. The first-order valence-corrected chi connectivity index (χ1v) is 5.47. The van der Waals surface area contributed by atoms with Crippen LogP contribution in [0.2, 0.25) is 0 Å². The van der Waals surface area contributed by atoms with E-state index in [2.05, 4.69) is 15.8 Å².